The monoisotopic (exact) mass is 475 g/mol. The number of ether oxygens (including phenoxy) is 1. The number of hydrogen-bond donors (Lipinski definition) is 1. The number of amides is 1. The molecule has 34 heavy (non-hydrogen) atoms. The Balaban J connectivity index is 1.62. The molecule has 0 spiro atoms. The fraction of sp³-hybridized carbons (Fsp3) is 0.500. The van der Waals surface area contributed by atoms with Gasteiger partial charge in [0.25, 0.3) is 5.91 Å². The molecule has 2 aromatic rings. The Morgan fingerprint density at radius 3 is 2.53 bits per heavy atom. The molecular weight excluding hydrogens is 443 g/mol. The van der Waals surface area contributed by atoms with Gasteiger partial charge in [-0.25, -0.2) is 0 Å². The lowest BCUT2D eigenvalue weighted by Gasteiger charge is -2.44. The van der Waals surface area contributed by atoms with E-state index in [-0.39, 0.29) is 18.0 Å². The van der Waals surface area contributed by atoms with Crippen molar-refractivity contribution in [2.75, 3.05) is 33.7 Å². The summed E-state index contributed by atoms with van der Waals surface area (Å²) in [5, 5.41) is 3.35. The normalized spacial score (nSPS) is 17.1. The Labute approximate surface area is 198 Å². The van der Waals surface area contributed by atoms with Crippen molar-refractivity contribution in [1.29, 1.82) is 0 Å². The van der Waals surface area contributed by atoms with E-state index in [0.29, 0.717) is 38.2 Å². The van der Waals surface area contributed by atoms with Gasteiger partial charge in [-0.15, -0.1) is 0 Å². The zero-order valence-electron chi connectivity index (χ0n) is 19.8. The van der Waals surface area contributed by atoms with Crippen molar-refractivity contribution in [3.63, 3.8) is 0 Å². The highest BCUT2D eigenvalue weighted by atomic mass is 19.4. The maximum atomic E-state index is 13.9. The second-order valence-electron chi connectivity index (χ2n) is 9.46. The fourth-order valence-corrected chi connectivity index (χ4v) is 4.65. The molecule has 5 nitrogen and oxygen atoms in total. The van der Waals surface area contributed by atoms with Gasteiger partial charge in [-0.3, -0.25) is 4.79 Å². The number of likely N-dealkylation sites (N-methyl/N-ethyl adjacent to an activating group) is 1. The van der Waals surface area contributed by atoms with Gasteiger partial charge in [0.15, 0.2) is 5.60 Å². The topological polar surface area (TPSA) is 44.8 Å². The van der Waals surface area contributed by atoms with E-state index in [1.807, 2.05) is 31.1 Å². The van der Waals surface area contributed by atoms with Crippen molar-refractivity contribution in [3.8, 4) is 5.75 Å². The molecule has 184 valence electrons. The lowest BCUT2D eigenvalue weighted by molar-refractivity contribution is -0.157. The van der Waals surface area contributed by atoms with E-state index in [2.05, 4.69) is 11.4 Å². The summed E-state index contributed by atoms with van der Waals surface area (Å²) in [6.07, 6.45) is -1.62. The van der Waals surface area contributed by atoms with Crippen LogP contribution < -0.4 is 10.1 Å². The van der Waals surface area contributed by atoms with Crippen LogP contribution in [0.3, 0.4) is 0 Å². The number of rotatable bonds is 8. The molecule has 2 aromatic carbocycles. The molecule has 1 aliphatic carbocycles. The highest BCUT2D eigenvalue weighted by molar-refractivity contribution is 5.87. The van der Waals surface area contributed by atoms with Crippen molar-refractivity contribution in [3.05, 3.63) is 64.7 Å². The van der Waals surface area contributed by atoms with Gasteiger partial charge in [0.2, 0.25) is 0 Å². The van der Waals surface area contributed by atoms with Crippen LogP contribution in [0.4, 0.5) is 13.2 Å². The summed E-state index contributed by atoms with van der Waals surface area (Å²) >= 11 is 0. The number of carbonyl (C=O) groups excluding carboxylic acids is 1. The third-order valence-corrected chi connectivity index (χ3v) is 6.75. The number of hydrogen-bond acceptors (Lipinski definition) is 4. The summed E-state index contributed by atoms with van der Waals surface area (Å²) < 4.78 is 47.3. The molecule has 0 atom stereocenters. The molecule has 1 fully saturated rings. The summed E-state index contributed by atoms with van der Waals surface area (Å²) in [6, 6.07) is 11.4. The second kappa shape index (κ2) is 9.96. The van der Waals surface area contributed by atoms with E-state index >= 15 is 0 Å². The Morgan fingerprint density at radius 1 is 1.09 bits per heavy atom. The van der Waals surface area contributed by atoms with Gasteiger partial charge in [-0.1, -0.05) is 30.3 Å². The number of benzene rings is 2. The maximum absolute atomic E-state index is 13.9. The Bertz CT molecular complexity index is 1020. The van der Waals surface area contributed by atoms with Gasteiger partial charge in [0.05, 0.1) is 5.56 Å². The molecule has 0 aromatic heterocycles. The van der Waals surface area contributed by atoms with Crippen LogP contribution in [0.5, 0.6) is 5.75 Å². The second-order valence-corrected chi connectivity index (χ2v) is 9.46. The smallest absolute Gasteiger partial charge is 0.416 e. The van der Waals surface area contributed by atoms with Gasteiger partial charge >= 0.3 is 6.18 Å². The van der Waals surface area contributed by atoms with Crippen LogP contribution in [0.15, 0.2) is 42.5 Å². The van der Waals surface area contributed by atoms with E-state index in [1.165, 1.54) is 22.6 Å². The fourth-order valence-electron chi connectivity index (χ4n) is 4.65. The maximum Gasteiger partial charge on any atom is 0.416 e. The van der Waals surface area contributed by atoms with Crippen LogP contribution in [0.2, 0.25) is 0 Å². The summed E-state index contributed by atoms with van der Waals surface area (Å²) in [6.45, 7) is 2.33. The number of carbonyl (C=O) groups is 1. The molecule has 1 heterocycles. The molecule has 2 aliphatic rings. The first kappa shape index (κ1) is 24.5. The van der Waals surface area contributed by atoms with Crippen LogP contribution in [0, 0.1) is 0 Å². The average molecular weight is 476 g/mol. The van der Waals surface area contributed by atoms with Gasteiger partial charge in [0.1, 0.15) is 5.75 Å². The van der Waals surface area contributed by atoms with Crippen LogP contribution in [-0.2, 0) is 30.5 Å². The summed E-state index contributed by atoms with van der Waals surface area (Å²) in [7, 11) is 3.76. The number of nitrogens with zero attached hydrogens (tertiary/aromatic N) is 2. The lowest BCUT2D eigenvalue weighted by Crippen LogP contribution is -2.58. The molecule has 0 unspecified atom stereocenters. The molecule has 0 saturated heterocycles. The minimum atomic E-state index is -4.48. The highest BCUT2D eigenvalue weighted by Gasteiger charge is 2.49. The Morgan fingerprint density at radius 2 is 1.85 bits per heavy atom. The van der Waals surface area contributed by atoms with E-state index in [4.69, 9.17) is 4.74 Å². The highest BCUT2D eigenvalue weighted by Crippen LogP contribution is 2.41. The lowest BCUT2D eigenvalue weighted by atomic mass is 9.78. The number of halogens is 3. The summed E-state index contributed by atoms with van der Waals surface area (Å²) in [5.41, 5.74) is 0.630. The van der Waals surface area contributed by atoms with Gasteiger partial charge in [-0.05, 0) is 69.6 Å². The van der Waals surface area contributed by atoms with Crippen LogP contribution >= 0.6 is 0 Å². The standard InChI is InChI=1S/C26H32F3N3O2/c1-31(2)15-16-32(18-20-7-3-4-9-22(20)26(27,28)29)24(33)25(12-6-13-25)34-23-10-5-8-19-11-14-30-17-21(19)23/h3-5,7-10,30H,6,11-18H2,1-2H3. The zero-order valence-corrected chi connectivity index (χ0v) is 19.8. The SMILES string of the molecule is CN(C)CCN(Cc1ccccc1C(F)(F)F)C(=O)C1(Oc2cccc3c2CNCC3)CCC1. The summed E-state index contributed by atoms with van der Waals surface area (Å²) in [5.74, 6) is 0.458. The van der Waals surface area contributed by atoms with Gasteiger partial charge < -0.3 is 19.9 Å². The molecular formula is C26H32F3N3O2. The predicted octanol–water partition coefficient (Wildman–Crippen LogP) is 4.24. The van der Waals surface area contributed by atoms with Crippen molar-refractivity contribution in [1.82, 2.24) is 15.1 Å². The predicted molar refractivity (Wildman–Crippen MR) is 124 cm³/mol. The first-order chi connectivity index (χ1) is 16.2. The van der Waals surface area contributed by atoms with Gasteiger partial charge in [0, 0.05) is 31.7 Å². The number of nitrogens with one attached hydrogen (secondary N) is 1. The van der Waals surface area contributed by atoms with Crippen molar-refractivity contribution in [2.24, 2.45) is 0 Å². The van der Waals surface area contributed by atoms with Gasteiger partial charge in [-0.2, -0.15) is 13.2 Å². The zero-order chi connectivity index (χ0) is 24.3. The molecule has 0 radical (unpaired) electrons. The van der Waals surface area contributed by atoms with Crippen LogP contribution in [0.25, 0.3) is 0 Å². The molecule has 4 rings (SSSR count). The van der Waals surface area contributed by atoms with Crippen molar-refractivity contribution >= 4 is 5.91 Å². The Kier molecular flexibility index (Phi) is 7.19. The number of fused-ring (bicyclic) bond motifs is 1. The first-order valence-corrected chi connectivity index (χ1v) is 11.8. The third-order valence-electron chi connectivity index (χ3n) is 6.75. The third kappa shape index (κ3) is 5.23. The van der Waals surface area contributed by atoms with Crippen LogP contribution in [0.1, 0.15) is 41.5 Å². The molecule has 1 saturated carbocycles. The molecule has 1 N–H and O–H groups in total. The molecule has 8 heteroatoms. The largest absolute Gasteiger partial charge is 0.477 e. The summed E-state index contributed by atoms with van der Waals surface area (Å²) in [4.78, 5) is 17.3. The van der Waals surface area contributed by atoms with E-state index in [1.54, 1.807) is 6.07 Å². The molecule has 0 bridgehead atoms. The van der Waals surface area contributed by atoms with Crippen molar-refractivity contribution in [2.45, 2.75) is 50.6 Å². The first-order valence-electron chi connectivity index (χ1n) is 11.8. The average Bonchev–Trinajstić information content (AvgIpc) is 2.78. The quantitative estimate of drug-likeness (QED) is 0.620. The Hall–Kier alpha value is -2.58. The molecule has 1 amide bonds. The number of alkyl halides is 3. The minimum Gasteiger partial charge on any atom is -0.477 e. The van der Waals surface area contributed by atoms with E-state index in [0.717, 1.165) is 31.0 Å². The minimum absolute atomic E-state index is 0.0952. The molecule has 1 aliphatic heterocycles. The van der Waals surface area contributed by atoms with Crippen LogP contribution in [-0.4, -0.2) is 55.0 Å². The van der Waals surface area contributed by atoms with E-state index in [9.17, 15) is 18.0 Å². The van der Waals surface area contributed by atoms with Crippen molar-refractivity contribution < 1.29 is 22.7 Å². The van der Waals surface area contributed by atoms with E-state index < -0.39 is 17.3 Å².